The first-order chi connectivity index (χ1) is 12.6. The number of halogens is 3. The fraction of sp³-hybridized carbons (Fsp3) is 0.389. The van der Waals surface area contributed by atoms with E-state index in [1.807, 2.05) is 24.4 Å². The highest BCUT2D eigenvalue weighted by molar-refractivity contribution is 14.0. The molecule has 0 radical (unpaired) electrons. The number of benzene rings is 1. The number of alkyl halides is 2. The molecule has 0 aliphatic carbocycles. The van der Waals surface area contributed by atoms with Crippen molar-refractivity contribution in [2.75, 3.05) is 13.2 Å². The van der Waals surface area contributed by atoms with Gasteiger partial charge in [0.1, 0.15) is 0 Å². The quantitative estimate of drug-likeness (QED) is 0.293. The summed E-state index contributed by atoms with van der Waals surface area (Å²) in [5, 5.41) is 8.37. The van der Waals surface area contributed by atoms with Crippen LogP contribution in [-0.2, 0) is 13.1 Å². The van der Waals surface area contributed by atoms with Crippen molar-refractivity contribution in [3.8, 4) is 11.5 Å². The molecule has 5 nitrogen and oxygen atoms in total. The van der Waals surface area contributed by atoms with Gasteiger partial charge in [-0.15, -0.1) is 35.3 Å². The summed E-state index contributed by atoms with van der Waals surface area (Å²) < 4.78 is 35.6. The molecule has 2 rings (SSSR count). The van der Waals surface area contributed by atoms with E-state index < -0.39 is 6.61 Å². The molecule has 0 bridgehead atoms. The van der Waals surface area contributed by atoms with Gasteiger partial charge in [0.05, 0.1) is 19.7 Å². The molecule has 0 fully saturated rings. The van der Waals surface area contributed by atoms with Crippen molar-refractivity contribution < 1.29 is 18.3 Å². The van der Waals surface area contributed by atoms with Crippen LogP contribution in [-0.4, -0.2) is 25.7 Å². The van der Waals surface area contributed by atoms with Crippen molar-refractivity contribution >= 4 is 41.3 Å². The van der Waals surface area contributed by atoms with Crippen molar-refractivity contribution in [2.45, 2.75) is 33.5 Å². The maximum absolute atomic E-state index is 12.8. The summed E-state index contributed by atoms with van der Waals surface area (Å²) >= 11 is 1.65. The number of nitrogens with one attached hydrogen (secondary N) is 2. The Morgan fingerprint density at radius 2 is 2.00 bits per heavy atom. The molecule has 0 aliphatic heterocycles. The number of para-hydroxylation sites is 1. The maximum Gasteiger partial charge on any atom is 0.387 e. The molecule has 0 unspecified atom stereocenters. The Balaban J connectivity index is 0.00000364. The van der Waals surface area contributed by atoms with Crippen molar-refractivity contribution in [3.63, 3.8) is 0 Å². The van der Waals surface area contributed by atoms with E-state index >= 15 is 0 Å². The molecule has 9 heteroatoms. The highest BCUT2D eigenvalue weighted by Crippen LogP contribution is 2.33. The normalized spacial score (nSPS) is 11.1. The lowest BCUT2D eigenvalue weighted by Gasteiger charge is -2.15. The van der Waals surface area contributed by atoms with Crippen molar-refractivity contribution in [1.29, 1.82) is 0 Å². The molecule has 0 amide bonds. The number of rotatable bonds is 9. The van der Waals surface area contributed by atoms with Gasteiger partial charge in [0, 0.05) is 17.0 Å². The summed E-state index contributed by atoms with van der Waals surface area (Å²) in [7, 11) is 0. The second-order valence-electron chi connectivity index (χ2n) is 5.18. The van der Waals surface area contributed by atoms with E-state index in [4.69, 9.17) is 4.74 Å². The number of hydrogen-bond donors (Lipinski definition) is 2. The standard InChI is InChI=1S/C18H23F2N3O2S.HI/c1-3-21-18(23-12-14-8-6-10-26-14)22-11-13-7-5-9-15(24-4-2)16(13)25-17(19)20;/h5-10,17H,3-4,11-12H2,1-2H3,(H2,21,22,23);1H. The zero-order valence-corrected chi connectivity index (χ0v) is 18.4. The summed E-state index contributed by atoms with van der Waals surface area (Å²) in [6.45, 7) is 2.70. The third-order valence-corrected chi connectivity index (χ3v) is 4.21. The van der Waals surface area contributed by atoms with E-state index in [1.54, 1.807) is 36.5 Å². The second-order valence-corrected chi connectivity index (χ2v) is 6.22. The molecule has 0 saturated heterocycles. The van der Waals surface area contributed by atoms with Gasteiger partial charge >= 0.3 is 6.61 Å². The van der Waals surface area contributed by atoms with Gasteiger partial charge in [0.2, 0.25) is 0 Å². The van der Waals surface area contributed by atoms with Crippen LogP contribution in [0.1, 0.15) is 24.3 Å². The number of thiophene rings is 1. The van der Waals surface area contributed by atoms with Crippen LogP contribution in [0.15, 0.2) is 40.7 Å². The van der Waals surface area contributed by atoms with Crippen LogP contribution in [0.3, 0.4) is 0 Å². The van der Waals surface area contributed by atoms with Crippen LogP contribution in [0.25, 0.3) is 0 Å². The minimum Gasteiger partial charge on any atom is -0.490 e. The van der Waals surface area contributed by atoms with Crippen LogP contribution in [0.2, 0.25) is 0 Å². The molecular weight excluding hydrogens is 487 g/mol. The van der Waals surface area contributed by atoms with Gasteiger partial charge in [0.25, 0.3) is 0 Å². The number of ether oxygens (including phenoxy) is 2. The maximum atomic E-state index is 12.8. The van der Waals surface area contributed by atoms with Gasteiger partial charge in [-0.3, -0.25) is 0 Å². The van der Waals surface area contributed by atoms with Crippen molar-refractivity contribution in [3.05, 3.63) is 46.2 Å². The predicted molar refractivity (Wildman–Crippen MR) is 116 cm³/mol. The fourth-order valence-corrected chi connectivity index (χ4v) is 2.91. The van der Waals surface area contributed by atoms with Crippen LogP contribution in [0, 0.1) is 0 Å². The molecular formula is C18H24F2IN3O2S. The summed E-state index contributed by atoms with van der Waals surface area (Å²) in [6.07, 6.45) is 0. The highest BCUT2D eigenvalue weighted by Gasteiger charge is 2.15. The van der Waals surface area contributed by atoms with Crippen molar-refractivity contribution in [1.82, 2.24) is 10.6 Å². The number of hydrogen-bond acceptors (Lipinski definition) is 4. The van der Waals surface area contributed by atoms with Gasteiger partial charge in [-0.05, 0) is 31.4 Å². The molecule has 0 atom stereocenters. The molecule has 0 spiro atoms. The average Bonchev–Trinajstić information content (AvgIpc) is 3.13. The second kappa shape index (κ2) is 12.7. The van der Waals surface area contributed by atoms with E-state index in [-0.39, 0.29) is 42.0 Å². The minimum atomic E-state index is -2.93. The van der Waals surface area contributed by atoms with Crippen LogP contribution >= 0.6 is 35.3 Å². The monoisotopic (exact) mass is 511 g/mol. The summed E-state index contributed by atoms with van der Waals surface area (Å²) in [6, 6.07) is 9.06. The molecule has 150 valence electrons. The Morgan fingerprint density at radius 3 is 2.63 bits per heavy atom. The molecule has 2 aromatic rings. The third-order valence-electron chi connectivity index (χ3n) is 3.33. The summed E-state index contributed by atoms with van der Waals surface area (Å²) in [5.41, 5.74) is 0.532. The van der Waals surface area contributed by atoms with Crippen LogP contribution in [0.4, 0.5) is 8.78 Å². The van der Waals surface area contributed by atoms with Gasteiger partial charge in [-0.25, -0.2) is 4.99 Å². The Morgan fingerprint density at radius 1 is 1.19 bits per heavy atom. The van der Waals surface area contributed by atoms with Gasteiger partial charge in [-0.1, -0.05) is 18.2 Å². The number of guanidine groups is 1. The van der Waals surface area contributed by atoms with Crippen molar-refractivity contribution in [2.24, 2.45) is 4.99 Å². The first-order valence-corrected chi connectivity index (χ1v) is 9.26. The lowest BCUT2D eigenvalue weighted by atomic mass is 10.2. The number of nitrogens with zero attached hydrogens (tertiary/aromatic N) is 1. The predicted octanol–water partition coefficient (Wildman–Crippen LogP) is 4.62. The Hall–Kier alpha value is -1.62. The highest BCUT2D eigenvalue weighted by atomic mass is 127. The summed E-state index contributed by atoms with van der Waals surface area (Å²) in [4.78, 5) is 5.65. The SMILES string of the molecule is CCNC(=NCc1cccc(OCC)c1OC(F)F)NCc1cccs1.I. The van der Waals surface area contributed by atoms with Gasteiger partial charge < -0.3 is 20.1 Å². The Bertz CT molecular complexity index is 700. The van der Waals surface area contributed by atoms with E-state index in [1.165, 1.54) is 4.88 Å². The molecule has 0 saturated carbocycles. The zero-order valence-electron chi connectivity index (χ0n) is 15.2. The average molecular weight is 511 g/mol. The van der Waals surface area contributed by atoms with E-state index in [9.17, 15) is 8.78 Å². The van der Waals surface area contributed by atoms with Gasteiger partial charge in [-0.2, -0.15) is 8.78 Å². The topological polar surface area (TPSA) is 54.9 Å². The van der Waals surface area contributed by atoms with Crippen LogP contribution in [0.5, 0.6) is 11.5 Å². The first-order valence-electron chi connectivity index (χ1n) is 8.38. The van der Waals surface area contributed by atoms with E-state index in [0.29, 0.717) is 31.2 Å². The molecule has 1 heterocycles. The summed E-state index contributed by atoms with van der Waals surface area (Å²) in [5.74, 6) is 0.921. The Labute approximate surface area is 179 Å². The third kappa shape index (κ3) is 7.87. The molecule has 1 aromatic carbocycles. The molecule has 27 heavy (non-hydrogen) atoms. The fourth-order valence-electron chi connectivity index (χ4n) is 2.27. The lowest BCUT2D eigenvalue weighted by molar-refractivity contribution is -0.0520. The largest absolute Gasteiger partial charge is 0.490 e. The first kappa shape index (κ1) is 23.4. The number of aliphatic imine (C=N–C) groups is 1. The lowest BCUT2D eigenvalue weighted by Crippen LogP contribution is -2.36. The smallest absolute Gasteiger partial charge is 0.387 e. The van der Waals surface area contributed by atoms with Gasteiger partial charge in [0.15, 0.2) is 17.5 Å². The van der Waals surface area contributed by atoms with Crippen LogP contribution < -0.4 is 20.1 Å². The zero-order chi connectivity index (χ0) is 18.8. The molecule has 1 aromatic heterocycles. The van der Waals surface area contributed by atoms with E-state index in [2.05, 4.69) is 20.4 Å². The van der Waals surface area contributed by atoms with E-state index in [0.717, 1.165) is 0 Å². The minimum absolute atomic E-state index is 0. The molecule has 0 aliphatic rings. The Kier molecular flexibility index (Phi) is 11.0. The molecule has 2 N–H and O–H groups in total.